The quantitative estimate of drug-likeness (QED) is 0.839. The summed E-state index contributed by atoms with van der Waals surface area (Å²) in [6.07, 6.45) is 5.56. The molecule has 1 saturated carbocycles. The molecule has 0 radical (unpaired) electrons. The monoisotopic (exact) mass is 325 g/mol. The zero-order valence-electron chi connectivity index (χ0n) is 11.2. The summed E-state index contributed by atoms with van der Waals surface area (Å²) < 4.78 is 0.652. The molecule has 1 aliphatic rings. The number of nitrogens with two attached hydrogens (primary N) is 1. The first kappa shape index (κ1) is 14.5. The number of aromatic nitrogens is 1. The topological polar surface area (TPSA) is 68.0 Å². The van der Waals surface area contributed by atoms with Crippen LogP contribution in [-0.4, -0.2) is 17.4 Å². The molecule has 1 aromatic rings. The number of hydrogen-bond acceptors (Lipinski definition) is 3. The highest BCUT2D eigenvalue weighted by atomic mass is 79.9. The van der Waals surface area contributed by atoms with Gasteiger partial charge in [-0.3, -0.25) is 4.79 Å². The molecule has 0 atom stereocenters. The molecule has 0 aliphatic heterocycles. The highest BCUT2D eigenvalue weighted by Crippen LogP contribution is 2.39. The van der Waals surface area contributed by atoms with Gasteiger partial charge in [0.05, 0.1) is 11.1 Å². The average Bonchev–Trinajstić information content (AvgIpc) is 2.42. The molecule has 3 N–H and O–H groups in total. The van der Waals surface area contributed by atoms with Gasteiger partial charge >= 0.3 is 0 Å². The van der Waals surface area contributed by atoms with Crippen LogP contribution in [0.5, 0.6) is 0 Å². The largest absolute Gasteiger partial charge is 0.329 e. The van der Waals surface area contributed by atoms with E-state index in [1.165, 1.54) is 0 Å². The van der Waals surface area contributed by atoms with Crippen LogP contribution >= 0.6 is 15.9 Å². The lowest BCUT2D eigenvalue weighted by molar-refractivity contribution is -0.127. The summed E-state index contributed by atoms with van der Waals surface area (Å²) in [5.74, 6) is 0.716. The minimum absolute atomic E-state index is 0.0237. The van der Waals surface area contributed by atoms with Gasteiger partial charge in [-0.1, -0.05) is 6.92 Å². The lowest BCUT2D eigenvalue weighted by Gasteiger charge is -2.37. The summed E-state index contributed by atoms with van der Waals surface area (Å²) in [5, 5.41) is 2.96. The normalized spacial score (nSPS) is 27.0. The molecule has 19 heavy (non-hydrogen) atoms. The molecule has 0 aromatic carbocycles. The summed E-state index contributed by atoms with van der Waals surface area (Å²) in [5.41, 5.74) is 6.18. The molecule has 1 aliphatic carbocycles. The molecule has 0 unspecified atom stereocenters. The molecule has 2 rings (SSSR count). The number of nitrogens with one attached hydrogen (secondary N) is 1. The van der Waals surface area contributed by atoms with Gasteiger partial charge < -0.3 is 11.1 Å². The van der Waals surface area contributed by atoms with E-state index in [4.69, 9.17) is 5.73 Å². The maximum Gasteiger partial charge on any atom is 0.231 e. The van der Waals surface area contributed by atoms with Crippen LogP contribution < -0.4 is 11.1 Å². The summed E-state index contributed by atoms with van der Waals surface area (Å²) in [4.78, 5) is 16.6. The SMILES string of the molecule is CC1CCC(CN)(C(=O)Nc2cccnc2Br)CC1. The summed E-state index contributed by atoms with van der Waals surface area (Å²) >= 11 is 3.34. The first-order valence-corrected chi connectivity index (χ1v) is 7.49. The second-order valence-corrected chi connectivity index (χ2v) is 6.21. The van der Waals surface area contributed by atoms with Crippen molar-refractivity contribution in [1.29, 1.82) is 0 Å². The van der Waals surface area contributed by atoms with Crippen LogP contribution in [0.2, 0.25) is 0 Å². The zero-order chi connectivity index (χ0) is 13.9. The number of hydrogen-bond donors (Lipinski definition) is 2. The molecule has 1 fully saturated rings. The molecule has 4 nitrogen and oxygen atoms in total. The average molecular weight is 326 g/mol. The van der Waals surface area contributed by atoms with E-state index in [1.54, 1.807) is 12.3 Å². The fourth-order valence-electron chi connectivity index (χ4n) is 2.57. The van der Waals surface area contributed by atoms with E-state index in [-0.39, 0.29) is 5.91 Å². The maximum absolute atomic E-state index is 12.5. The number of amides is 1. The highest BCUT2D eigenvalue weighted by Gasteiger charge is 2.39. The smallest absolute Gasteiger partial charge is 0.231 e. The van der Waals surface area contributed by atoms with Crippen molar-refractivity contribution in [2.75, 3.05) is 11.9 Å². The minimum Gasteiger partial charge on any atom is -0.329 e. The van der Waals surface area contributed by atoms with Crippen LogP contribution in [0.1, 0.15) is 32.6 Å². The van der Waals surface area contributed by atoms with Crippen LogP contribution in [0.4, 0.5) is 5.69 Å². The Kier molecular flexibility index (Phi) is 4.58. The third-order valence-corrected chi connectivity index (χ3v) is 4.74. The number of anilines is 1. The Balaban J connectivity index is 2.12. The van der Waals surface area contributed by atoms with Crippen molar-refractivity contribution >= 4 is 27.5 Å². The Morgan fingerprint density at radius 1 is 1.58 bits per heavy atom. The van der Waals surface area contributed by atoms with E-state index in [0.717, 1.165) is 25.7 Å². The second-order valence-electron chi connectivity index (χ2n) is 5.46. The van der Waals surface area contributed by atoms with Crippen molar-refractivity contribution in [2.45, 2.75) is 32.6 Å². The van der Waals surface area contributed by atoms with E-state index in [2.05, 4.69) is 33.2 Å². The van der Waals surface area contributed by atoms with Gasteiger partial charge in [0.1, 0.15) is 4.60 Å². The van der Waals surface area contributed by atoms with Crippen LogP contribution in [0.15, 0.2) is 22.9 Å². The molecule has 0 saturated heterocycles. The summed E-state index contributed by atoms with van der Waals surface area (Å²) in [6.45, 7) is 2.64. The maximum atomic E-state index is 12.5. The molecule has 0 bridgehead atoms. The Bertz CT molecular complexity index is 456. The van der Waals surface area contributed by atoms with Gasteiger partial charge in [0.2, 0.25) is 5.91 Å². The van der Waals surface area contributed by atoms with E-state index in [9.17, 15) is 4.79 Å². The van der Waals surface area contributed by atoms with E-state index in [0.29, 0.717) is 22.8 Å². The molecule has 0 spiro atoms. The standard InChI is InChI=1S/C14H20BrN3O/c1-10-4-6-14(9-16,7-5-10)13(19)18-11-3-2-8-17-12(11)15/h2-3,8,10H,4-7,9,16H2,1H3,(H,18,19). The van der Waals surface area contributed by atoms with E-state index in [1.807, 2.05) is 6.07 Å². The number of rotatable bonds is 3. The summed E-state index contributed by atoms with van der Waals surface area (Å²) in [6, 6.07) is 3.64. The van der Waals surface area contributed by atoms with Crippen molar-refractivity contribution in [3.05, 3.63) is 22.9 Å². The van der Waals surface area contributed by atoms with Gasteiger partial charge in [0.15, 0.2) is 0 Å². The number of carbonyl (C=O) groups is 1. The van der Waals surface area contributed by atoms with Crippen molar-refractivity contribution in [1.82, 2.24) is 4.98 Å². The predicted octanol–water partition coefficient (Wildman–Crippen LogP) is 2.94. The first-order chi connectivity index (χ1) is 9.07. The predicted molar refractivity (Wildman–Crippen MR) is 79.7 cm³/mol. The Morgan fingerprint density at radius 2 is 2.26 bits per heavy atom. The second kappa shape index (κ2) is 6.01. The lowest BCUT2D eigenvalue weighted by atomic mass is 9.70. The van der Waals surface area contributed by atoms with Crippen molar-refractivity contribution < 1.29 is 4.79 Å². The third kappa shape index (κ3) is 3.15. The molecular weight excluding hydrogens is 306 g/mol. The van der Waals surface area contributed by atoms with Gasteiger partial charge in [0.25, 0.3) is 0 Å². The molecule has 1 aromatic heterocycles. The number of pyridine rings is 1. The highest BCUT2D eigenvalue weighted by molar-refractivity contribution is 9.10. The van der Waals surface area contributed by atoms with Crippen molar-refractivity contribution in [2.24, 2.45) is 17.1 Å². The first-order valence-electron chi connectivity index (χ1n) is 6.69. The van der Waals surface area contributed by atoms with Gasteiger partial charge in [-0.15, -0.1) is 0 Å². The van der Waals surface area contributed by atoms with Gasteiger partial charge in [-0.05, 0) is 59.7 Å². The minimum atomic E-state index is -0.415. The Morgan fingerprint density at radius 3 is 2.84 bits per heavy atom. The van der Waals surface area contributed by atoms with Crippen molar-refractivity contribution in [3.8, 4) is 0 Å². The van der Waals surface area contributed by atoms with Gasteiger partial charge in [0, 0.05) is 12.7 Å². The lowest BCUT2D eigenvalue weighted by Crippen LogP contribution is -2.44. The third-order valence-electron chi connectivity index (χ3n) is 4.11. The Labute approximate surface area is 122 Å². The molecular formula is C14H20BrN3O. The zero-order valence-corrected chi connectivity index (χ0v) is 12.7. The molecule has 104 valence electrons. The fraction of sp³-hybridized carbons (Fsp3) is 0.571. The number of nitrogens with zero attached hydrogens (tertiary/aromatic N) is 1. The molecule has 5 heteroatoms. The fourth-order valence-corrected chi connectivity index (χ4v) is 2.92. The van der Waals surface area contributed by atoms with E-state index >= 15 is 0 Å². The Hall–Kier alpha value is -0.940. The summed E-state index contributed by atoms with van der Waals surface area (Å²) in [7, 11) is 0. The van der Waals surface area contributed by atoms with Gasteiger partial charge in [-0.25, -0.2) is 4.98 Å². The van der Waals surface area contributed by atoms with Crippen LogP contribution in [-0.2, 0) is 4.79 Å². The van der Waals surface area contributed by atoms with E-state index < -0.39 is 5.41 Å². The van der Waals surface area contributed by atoms with Crippen LogP contribution in [0, 0.1) is 11.3 Å². The number of carbonyl (C=O) groups excluding carboxylic acids is 1. The van der Waals surface area contributed by atoms with Crippen LogP contribution in [0.3, 0.4) is 0 Å². The van der Waals surface area contributed by atoms with Crippen molar-refractivity contribution in [3.63, 3.8) is 0 Å². The van der Waals surface area contributed by atoms with Gasteiger partial charge in [-0.2, -0.15) is 0 Å². The number of halogens is 1. The molecule has 1 heterocycles. The molecule has 1 amide bonds. The van der Waals surface area contributed by atoms with Crippen LogP contribution in [0.25, 0.3) is 0 Å².